The zero-order valence-electron chi connectivity index (χ0n) is 13.3. The summed E-state index contributed by atoms with van der Waals surface area (Å²) in [7, 11) is 0. The third kappa shape index (κ3) is 4.09. The summed E-state index contributed by atoms with van der Waals surface area (Å²) in [6.07, 6.45) is 3.09. The highest BCUT2D eigenvalue weighted by molar-refractivity contribution is 5.85. The van der Waals surface area contributed by atoms with Crippen LogP contribution in [0.3, 0.4) is 0 Å². The van der Waals surface area contributed by atoms with Gasteiger partial charge in [0, 0.05) is 12.5 Å². The van der Waals surface area contributed by atoms with Crippen LogP contribution in [0.1, 0.15) is 45.1 Å². The molecule has 22 heavy (non-hydrogen) atoms. The van der Waals surface area contributed by atoms with Crippen LogP contribution in [-0.4, -0.2) is 23.0 Å². The maximum atomic E-state index is 12.6. The van der Waals surface area contributed by atoms with Crippen LogP contribution < -0.4 is 5.32 Å². The highest BCUT2D eigenvalue weighted by Gasteiger charge is 2.52. The van der Waals surface area contributed by atoms with Crippen molar-refractivity contribution in [1.29, 1.82) is 0 Å². The zero-order valence-corrected chi connectivity index (χ0v) is 13.3. The first-order valence-corrected chi connectivity index (χ1v) is 8.01. The molecule has 1 aromatic rings. The minimum atomic E-state index is -0.822. The quantitative estimate of drug-likeness (QED) is 0.776. The van der Waals surface area contributed by atoms with E-state index in [4.69, 9.17) is 5.11 Å². The molecule has 1 unspecified atom stereocenters. The van der Waals surface area contributed by atoms with Crippen molar-refractivity contribution in [1.82, 2.24) is 5.32 Å². The fourth-order valence-electron chi connectivity index (χ4n) is 2.95. The number of benzene rings is 1. The lowest BCUT2D eigenvalue weighted by molar-refractivity contribution is -0.137. The highest BCUT2D eigenvalue weighted by atomic mass is 16.4. The van der Waals surface area contributed by atoms with Crippen molar-refractivity contribution >= 4 is 11.9 Å². The van der Waals surface area contributed by atoms with Gasteiger partial charge in [-0.3, -0.25) is 9.59 Å². The maximum absolute atomic E-state index is 12.6. The van der Waals surface area contributed by atoms with E-state index < -0.39 is 5.97 Å². The standard InChI is InChI=1S/C18H25NO3/c1-13(2)18(10-11-18)17(22)19-15(8-9-16(20)21)12-14-6-4-3-5-7-14/h3-7,13,15H,8-12H2,1-2H3,(H,19,22)(H,20,21). The van der Waals surface area contributed by atoms with Gasteiger partial charge in [0.25, 0.3) is 0 Å². The van der Waals surface area contributed by atoms with Crippen LogP contribution in [0.5, 0.6) is 0 Å². The van der Waals surface area contributed by atoms with Crippen LogP contribution in [0.25, 0.3) is 0 Å². The minimum Gasteiger partial charge on any atom is -0.481 e. The van der Waals surface area contributed by atoms with Crippen molar-refractivity contribution in [3.63, 3.8) is 0 Å². The zero-order chi connectivity index (χ0) is 16.2. The molecule has 2 N–H and O–H groups in total. The monoisotopic (exact) mass is 303 g/mol. The van der Waals surface area contributed by atoms with Crippen molar-refractivity contribution in [3.05, 3.63) is 35.9 Å². The second-order valence-electron chi connectivity index (χ2n) is 6.60. The Labute approximate surface area is 131 Å². The fraction of sp³-hybridized carbons (Fsp3) is 0.556. The smallest absolute Gasteiger partial charge is 0.303 e. The van der Waals surface area contributed by atoms with E-state index in [9.17, 15) is 9.59 Å². The van der Waals surface area contributed by atoms with Gasteiger partial charge in [0.15, 0.2) is 0 Å². The second kappa shape index (κ2) is 6.95. The first kappa shape index (κ1) is 16.5. The van der Waals surface area contributed by atoms with Crippen LogP contribution in [0.2, 0.25) is 0 Å². The first-order chi connectivity index (χ1) is 10.4. The normalized spacial score (nSPS) is 17.0. The van der Waals surface area contributed by atoms with Crippen molar-refractivity contribution in [2.24, 2.45) is 11.3 Å². The lowest BCUT2D eigenvalue weighted by Gasteiger charge is -2.24. The molecule has 0 spiro atoms. The number of rotatable bonds is 8. The Bertz CT molecular complexity index is 520. The van der Waals surface area contributed by atoms with Crippen molar-refractivity contribution in [3.8, 4) is 0 Å². The largest absolute Gasteiger partial charge is 0.481 e. The molecule has 120 valence electrons. The van der Waals surface area contributed by atoms with Crippen LogP contribution >= 0.6 is 0 Å². The Kier molecular flexibility index (Phi) is 5.22. The number of carboxylic acid groups (broad SMARTS) is 1. The van der Waals surface area contributed by atoms with E-state index in [0.717, 1.165) is 18.4 Å². The van der Waals surface area contributed by atoms with Gasteiger partial charge in [-0.05, 0) is 37.2 Å². The van der Waals surface area contributed by atoms with Gasteiger partial charge >= 0.3 is 5.97 Å². The summed E-state index contributed by atoms with van der Waals surface area (Å²) in [5.41, 5.74) is 0.894. The third-order valence-electron chi connectivity index (χ3n) is 4.71. The van der Waals surface area contributed by atoms with E-state index in [-0.39, 0.29) is 23.8 Å². The summed E-state index contributed by atoms with van der Waals surface area (Å²) < 4.78 is 0. The van der Waals surface area contributed by atoms with Crippen molar-refractivity contribution in [2.75, 3.05) is 0 Å². The first-order valence-electron chi connectivity index (χ1n) is 8.01. The highest BCUT2D eigenvalue weighted by Crippen LogP contribution is 2.52. The van der Waals surface area contributed by atoms with Gasteiger partial charge in [-0.25, -0.2) is 0 Å². The van der Waals surface area contributed by atoms with Gasteiger partial charge < -0.3 is 10.4 Å². The van der Waals surface area contributed by atoms with E-state index in [1.165, 1.54) is 0 Å². The predicted octanol–water partition coefficient (Wildman–Crippen LogP) is 3.01. The van der Waals surface area contributed by atoms with Gasteiger partial charge in [-0.1, -0.05) is 44.2 Å². The van der Waals surface area contributed by atoms with Crippen LogP contribution in [0, 0.1) is 11.3 Å². The predicted molar refractivity (Wildman–Crippen MR) is 85.5 cm³/mol. The van der Waals surface area contributed by atoms with Gasteiger partial charge in [0.2, 0.25) is 5.91 Å². The summed E-state index contributed by atoms with van der Waals surface area (Å²) in [6, 6.07) is 9.77. The van der Waals surface area contributed by atoms with Gasteiger partial charge in [-0.15, -0.1) is 0 Å². The van der Waals surface area contributed by atoms with E-state index in [1.54, 1.807) is 0 Å². The number of carboxylic acids is 1. The topological polar surface area (TPSA) is 66.4 Å². The molecule has 1 amide bonds. The number of carbonyl (C=O) groups is 2. The molecule has 1 atom stereocenters. The average molecular weight is 303 g/mol. The molecular formula is C18H25NO3. The summed E-state index contributed by atoms with van der Waals surface area (Å²) in [4.78, 5) is 23.4. The summed E-state index contributed by atoms with van der Waals surface area (Å²) >= 11 is 0. The Morgan fingerprint density at radius 1 is 1.23 bits per heavy atom. The Morgan fingerprint density at radius 3 is 2.36 bits per heavy atom. The van der Waals surface area contributed by atoms with E-state index in [2.05, 4.69) is 19.2 Å². The molecule has 1 saturated carbocycles. The Hall–Kier alpha value is -1.84. The molecule has 1 fully saturated rings. The van der Waals surface area contributed by atoms with E-state index >= 15 is 0 Å². The fourth-order valence-corrected chi connectivity index (χ4v) is 2.95. The molecule has 0 heterocycles. The maximum Gasteiger partial charge on any atom is 0.303 e. The van der Waals surface area contributed by atoms with Crippen LogP contribution in [0.4, 0.5) is 0 Å². The number of aliphatic carboxylic acids is 1. The number of carbonyl (C=O) groups excluding carboxylic acids is 1. The summed E-state index contributed by atoms with van der Waals surface area (Å²) in [5.74, 6) is -0.407. The lowest BCUT2D eigenvalue weighted by Crippen LogP contribution is -2.43. The number of nitrogens with one attached hydrogen (secondary N) is 1. The molecule has 1 aliphatic carbocycles. The molecule has 0 aliphatic heterocycles. The van der Waals surface area contributed by atoms with Gasteiger partial charge in [0.05, 0.1) is 5.41 Å². The molecule has 1 aliphatic rings. The summed E-state index contributed by atoms with van der Waals surface area (Å²) in [6.45, 7) is 4.16. The average Bonchev–Trinajstić information content (AvgIpc) is 3.27. The molecule has 2 rings (SSSR count). The molecule has 1 aromatic carbocycles. The van der Waals surface area contributed by atoms with Gasteiger partial charge in [-0.2, -0.15) is 0 Å². The van der Waals surface area contributed by atoms with Gasteiger partial charge in [0.1, 0.15) is 0 Å². The SMILES string of the molecule is CC(C)C1(C(=O)NC(CCC(=O)O)Cc2ccccc2)CC1. The van der Waals surface area contributed by atoms with E-state index in [0.29, 0.717) is 18.8 Å². The summed E-state index contributed by atoms with van der Waals surface area (Å²) in [5, 5.41) is 12.0. The minimum absolute atomic E-state index is 0.0759. The second-order valence-corrected chi connectivity index (χ2v) is 6.60. The number of hydrogen-bond acceptors (Lipinski definition) is 2. The number of hydrogen-bond donors (Lipinski definition) is 2. The van der Waals surface area contributed by atoms with Crippen LogP contribution in [0.15, 0.2) is 30.3 Å². The molecule has 0 saturated heterocycles. The molecule has 4 heteroatoms. The molecule has 0 bridgehead atoms. The molecule has 4 nitrogen and oxygen atoms in total. The number of amides is 1. The molecular weight excluding hydrogens is 278 g/mol. The van der Waals surface area contributed by atoms with E-state index in [1.807, 2.05) is 30.3 Å². The van der Waals surface area contributed by atoms with Crippen molar-refractivity contribution < 1.29 is 14.7 Å². The Morgan fingerprint density at radius 2 is 1.86 bits per heavy atom. The Balaban J connectivity index is 2.01. The third-order valence-corrected chi connectivity index (χ3v) is 4.71. The molecule has 0 radical (unpaired) electrons. The lowest BCUT2D eigenvalue weighted by atomic mass is 9.90. The molecule has 0 aromatic heterocycles. The van der Waals surface area contributed by atoms with Crippen molar-refractivity contribution in [2.45, 2.75) is 52.0 Å². The van der Waals surface area contributed by atoms with Crippen LogP contribution in [-0.2, 0) is 16.0 Å².